The lowest BCUT2D eigenvalue weighted by Crippen LogP contribution is -2.45. The lowest BCUT2D eigenvalue weighted by molar-refractivity contribution is 0.00272. The molecule has 0 aromatic heterocycles. The van der Waals surface area contributed by atoms with Crippen LogP contribution in [0.25, 0.3) is 0 Å². The van der Waals surface area contributed by atoms with E-state index in [0.717, 1.165) is 0 Å². The quantitative estimate of drug-likeness (QED) is 0.840. The van der Waals surface area contributed by atoms with Crippen LogP contribution in [0.5, 0.6) is 0 Å². The molecule has 0 aliphatic heterocycles. The van der Waals surface area contributed by atoms with Crippen molar-refractivity contribution >= 4 is 22.2 Å². The van der Waals surface area contributed by atoms with Crippen molar-refractivity contribution in [2.75, 3.05) is 12.3 Å². The number of hydrogen-bond acceptors (Lipinski definition) is 6. The number of nitrogens with zero attached hydrogens (tertiary/aromatic N) is 1. The van der Waals surface area contributed by atoms with Gasteiger partial charge in [0.15, 0.2) is 0 Å². The highest BCUT2D eigenvalue weighted by Gasteiger charge is 2.31. The van der Waals surface area contributed by atoms with E-state index in [4.69, 9.17) is 14.6 Å². The third kappa shape index (κ3) is 10.1. The highest BCUT2D eigenvalue weighted by atomic mass is 32.2. The summed E-state index contributed by atoms with van der Waals surface area (Å²) >= 11 is 0. The molecule has 0 spiro atoms. The standard InChI is InChI=1S/C12H24N2O6S/c1-11(2,3)19-9(15)14(7-8-21(13,17)18)10(16)20-12(4,5)6/h7-8H2,1-6H3,(H2,13,17,18). The van der Waals surface area contributed by atoms with E-state index in [1.807, 2.05) is 0 Å². The normalized spacial score (nSPS) is 12.7. The fraction of sp³-hybridized carbons (Fsp3) is 0.833. The Kier molecular flexibility index (Phi) is 6.18. The number of carbonyl (C=O) groups is 2. The average molecular weight is 324 g/mol. The minimum Gasteiger partial charge on any atom is -0.443 e. The number of amides is 2. The van der Waals surface area contributed by atoms with Crippen LogP contribution in [-0.2, 0) is 19.5 Å². The van der Waals surface area contributed by atoms with Crippen molar-refractivity contribution < 1.29 is 27.5 Å². The molecule has 0 aromatic carbocycles. The number of nitrogens with two attached hydrogens (primary N) is 1. The summed E-state index contributed by atoms with van der Waals surface area (Å²) in [4.78, 5) is 24.5. The van der Waals surface area contributed by atoms with E-state index in [9.17, 15) is 18.0 Å². The molecule has 0 bridgehead atoms. The molecule has 0 saturated carbocycles. The second kappa shape index (κ2) is 6.61. The summed E-state index contributed by atoms with van der Waals surface area (Å²) in [5, 5.41) is 4.88. The molecule has 0 heterocycles. The van der Waals surface area contributed by atoms with Crippen molar-refractivity contribution in [3.8, 4) is 0 Å². The predicted octanol–water partition coefficient (Wildman–Crippen LogP) is 1.45. The molecule has 0 aromatic rings. The fourth-order valence-electron chi connectivity index (χ4n) is 1.11. The van der Waals surface area contributed by atoms with Gasteiger partial charge in [0.05, 0.1) is 12.3 Å². The summed E-state index contributed by atoms with van der Waals surface area (Å²) in [6.45, 7) is 9.30. The molecular formula is C12H24N2O6S. The van der Waals surface area contributed by atoms with Crippen molar-refractivity contribution in [2.45, 2.75) is 52.7 Å². The second-order valence-electron chi connectivity index (χ2n) is 6.48. The van der Waals surface area contributed by atoms with Crippen molar-refractivity contribution in [3.05, 3.63) is 0 Å². The van der Waals surface area contributed by atoms with Gasteiger partial charge in [0.1, 0.15) is 11.2 Å². The molecule has 0 rings (SSSR count). The Morgan fingerprint density at radius 2 is 1.29 bits per heavy atom. The Labute approximate surface area is 125 Å². The zero-order chi connectivity index (χ0) is 17.1. The molecule has 0 radical (unpaired) electrons. The molecule has 2 N–H and O–H groups in total. The van der Waals surface area contributed by atoms with Crippen molar-refractivity contribution in [3.63, 3.8) is 0 Å². The van der Waals surface area contributed by atoms with Crippen molar-refractivity contribution in [1.29, 1.82) is 0 Å². The SMILES string of the molecule is CC(C)(C)OC(=O)N(CCS(N)(=O)=O)C(=O)OC(C)(C)C. The van der Waals surface area contributed by atoms with Gasteiger partial charge in [-0.2, -0.15) is 0 Å². The van der Waals surface area contributed by atoms with E-state index >= 15 is 0 Å². The van der Waals surface area contributed by atoms with E-state index < -0.39 is 45.7 Å². The highest BCUT2D eigenvalue weighted by molar-refractivity contribution is 7.89. The largest absolute Gasteiger partial charge is 0.443 e. The van der Waals surface area contributed by atoms with E-state index in [1.165, 1.54) is 0 Å². The lowest BCUT2D eigenvalue weighted by atomic mass is 10.2. The van der Waals surface area contributed by atoms with E-state index in [-0.39, 0.29) is 0 Å². The molecule has 9 heteroatoms. The van der Waals surface area contributed by atoms with E-state index in [0.29, 0.717) is 4.90 Å². The van der Waals surface area contributed by atoms with Gasteiger partial charge in [-0.25, -0.2) is 28.0 Å². The predicted molar refractivity (Wildman–Crippen MR) is 77.1 cm³/mol. The van der Waals surface area contributed by atoms with Gasteiger partial charge in [-0.15, -0.1) is 0 Å². The van der Waals surface area contributed by atoms with Crippen LogP contribution >= 0.6 is 0 Å². The molecule has 124 valence electrons. The Morgan fingerprint density at radius 3 is 1.52 bits per heavy atom. The van der Waals surface area contributed by atoms with Gasteiger partial charge >= 0.3 is 12.2 Å². The molecule has 0 fully saturated rings. The molecule has 0 atom stereocenters. The molecule has 0 unspecified atom stereocenters. The summed E-state index contributed by atoms with van der Waals surface area (Å²) < 4.78 is 32.1. The maximum absolute atomic E-state index is 12.0. The molecule has 21 heavy (non-hydrogen) atoms. The van der Waals surface area contributed by atoms with Crippen LogP contribution in [0.2, 0.25) is 0 Å². The maximum Gasteiger partial charge on any atom is 0.419 e. The van der Waals surface area contributed by atoms with Crippen LogP contribution in [0.15, 0.2) is 0 Å². The van der Waals surface area contributed by atoms with Gasteiger partial charge in [-0.05, 0) is 41.5 Å². The number of sulfonamides is 1. The first-order valence-corrected chi connectivity index (χ1v) is 8.06. The molecule has 0 aliphatic rings. The number of ether oxygens (including phenoxy) is 2. The highest BCUT2D eigenvalue weighted by Crippen LogP contribution is 2.14. The summed E-state index contributed by atoms with van der Waals surface area (Å²) in [5.74, 6) is -0.578. The van der Waals surface area contributed by atoms with Crippen molar-refractivity contribution in [2.24, 2.45) is 5.14 Å². The third-order valence-electron chi connectivity index (χ3n) is 1.83. The zero-order valence-corrected chi connectivity index (χ0v) is 14.1. The second-order valence-corrected chi connectivity index (χ2v) is 8.21. The molecule has 2 amide bonds. The van der Waals surface area contributed by atoms with Gasteiger partial charge in [-0.1, -0.05) is 0 Å². The average Bonchev–Trinajstić information content (AvgIpc) is 2.08. The van der Waals surface area contributed by atoms with Gasteiger partial charge in [0, 0.05) is 0 Å². The number of imide groups is 1. The first-order chi connectivity index (χ1) is 9.11. The number of rotatable bonds is 3. The first kappa shape index (κ1) is 19.7. The van der Waals surface area contributed by atoms with E-state index in [2.05, 4.69) is 0 Å². The topological polar surface area (TPSA) is 116 Å². The Bertz CT molecular complexity index is 459. The van der Waals surface area contributed by atoms with Crippen molar-refractivity contribution in [1.82, 2.24) is 4.90 Å². The molecule has 0 saturated heterocycles. The minimum atomic E-state index is -3.83. The van der Waals surface area contributed by atoms with Crippen LogP contribution in [0.3, 0.4) is 0 Å². The van der Waals surface area contributed by atoms with Gasteiger partial charge in [-0.3, -0.25) is 0 Å². The minimum absolute atomic E-state index is 0.442. The third-order valence-corrected chi connectivity index (χ3v) is 2.58. The number of primary sulfonamides is 1. The molecular weight excluding hydrogens is 300 g/mol. The Hall–Kier alpha value is -1.35. The summed E-state index contributed by atoms with van der Waals surface area (Å²) in [5.41, 5.74) is -1.67. The van der Waals surface area contributed by atoms with E-state index in [1.54, 1.807) is 41.5 Å². The number of carbonyl (C=O) groups excluding carboxylic acids is 2. The lowest BCUT2D eigenvalue weighted by Gasteiger charge is -2.28. The van der Waals surface area contributed by atoms with Crippen LogP contribution in [0.1, 0.15) is 41.5 Å². The summed E-state index contributed by atoms with van der Waals surface area (Å²) in [7, 11) is -3.83. The van der Waals surface area contributed by atoms with Crippen LogP contribution in [-0.4, -0.2) is 49.0 Å². The van der Waals surface area contributed by atoms with Crippen LogP contribution in [0, 0.1) is 0 Å². The molecule has 8 nitrogen and oxygen atoms in total. The van der Waals surface area contributed by atoms with Gasteiger partial charge in [0.25, 0.3) is 0 Å². The zero-order valence-electron chi connectivity index (χ0n) is 13.3. The first-order valence-electron chi connectivity index (χ1n) is 6.35. The number of hydrogen-bond donors (Lipinski definition) is 1. The van der Waals surface area contributed by atoms with Gasteiger partial charge in [0.2, 0.25) is 10.0 Å². The van der Waals surface area contributed by atoms with Crippen LogP contribution < -0.4 is 5.14 Å². The monoisotopic (exact) mass is 324 g/mol. The smallest absolute Gasteiger partial charge is 0.419 e. The van der Waals surface area contributed by atoms with Crippen LogP contribution in [0.4, 0.5) is 9.59 Å². The summed E-state index contributed by atoms with van der Waals surface area (Å²) in [6.07, 6.45) is -1.97. The Balaban J connectivity index is 5.09. The molecule has 0 aliphatic carbocycles. The van der Waals surface area contributed by atoms with Gasteiger partial charge < -0.3 is 9.47 Å². The maximum atomic E-state index is 12.0. The fourth-order valence-corrected chi connectivity index (χ4v) is 1.55. The Morgan fingerprint density at radius 1 is 0.952 bits per heavy atom. The summed E-state index contributed by atoms with van der Waals surface area (Å²) in [6, 6.07) is 0.